The van der Waals surface area contributed by atoms with E-state index in [2.05, 4.69) is 5.32 Å². The van der Waals surface area contributed by atoms with Gasteiger partial charge in [-0.1, -0.05) is 0 Å². The first-order valence-corrected chi connectivity index (χ1v) is 8.19. The molecule has 0 heterocycles. The van der Waals surface area contributed by atoms with E-state index < -0.39 is 20.8 Å². The Bertz CT molecular complexity index is 591. The molecule has 8 heteroatoms. The van der Waals surface area contributed by atoms with Crippen molar-refractivity contribution in [1.29, 1.82) is 0 Å². The second-order valence-electron chi connectivity index (χ2n) is 4.11. The smallest absolute Gasteiger partial charge is 0.261 e. The molecule has 0 spiro atoms. The van der Waals surface area contributed by atoms with Crippen molar-refractivity contribution >= 4 is 25.6 Å². The second kappa shape index (κ2) is 7.01. The van der Waals surface area contributed by atoms with Crippen LogP contribution in [0.25, 0.3) is 0 Å². The zero-order chi connectivity index (χ0) is 15.3. The van der Waals surface area contributed by atoms with Gasteiger partial charge in [0, 0.05) is 23.3 Å². The van der Waals surface area contributed by atoms with Gasteiger partial charge in [0.25, 0.3) is 15.0 Å². The Morgan fingerprint density at radius 2 is 2.15 bits per heavy atom. The van der Waals surface area contributed by atoms with Crippen molar-refractivity contribution in [3.63, 3.8) is 0 Å². The summed E-state index contributed by atoms with van der Waals surface area (Å²) in [6, 6.07) is 2.45. The summed E-state index contributed by atoms with van der Waals surface area (Å²) in [7, 11) is 1.14. The van der Waals surface area contributed by atoms with E-state index in [0.717, 1.165) is 18.2 Å². The highest BCUT2D eigenvalue weighted by atomic mass is 35.7. The number of carbonyl (C=O) groups excluding carboxylic acids is 1. The molecule has 0 aliphatic carbocycles. The number of halogens is 2. The average Bonchev–Trinajstić information content (AvgIpc) is 2.35. The molecule has 1 aromatic carbocycles. The van der Waals surface area contributed by atoms with Gasteiger partial charge in [-0.25, -0.2) is 12.8 Å². The monoisotopic (exact) mass is 323 g/mol. The van der Waals surface area contributed by atoms with Crippen LogP contribution in [0.3, 0.4) is 0 Å². The predicted octanol–water partition coefficient (Wildman–Crippen LogP) is 1.91. The molecule has 1 amide bonds. The summed E-state index contributed by atoms with van der Waals surface area (Å²) in [6.07, 6.45) is 0. The molecule has 1 atom stereocenters. The van der Waals surface area contributed by atoms with Crippen LogP contribution >= 0.6 is 10.7 Å². The van der Waals surface area contributed by atoms with Crippen molar-refractivity contribution in [3.8, 4) is 0 Å². The maximum Gasteiger partial charge on any atom is 0.261 e. The summed E-state index contributed by atoms with van der Waals surface area (Å²) in [5.41, 5.74) is -0.380. The van der Waals surface area contributed by atoms with Crippen molar-refractivity contribution in [3.05, 3.63) is 29.6 Å². The van der Waals surface area contributed by atoms with Crippen molar-refractivity contribution in [2.75, 3.05) is 13.2 Å². The van der Waals surface area contributed by atoms with Gasteiger partial charge >= 0.3 is 0 Å². The highest BCUT2D eigenvalue weighted by molar-refractivity contribution is 8.13. The van der Waals surface area contributed by atoms with E-state index in [1.165, 1.54) is 0 Å². The lowest BCUT2D eigenvalue weighted by atomic mass is 10.2. The summed E-state index contributed by atoms with van der Waals surface area (Å²) < 4.78 is 41.0. The number of rotatable bonds is 6. The third-order valence-electron chi connectivity index (χ3n) is 2.41. The molecule has 20 heavy (non-hydrogen) atoms. The Morgan fingerprint density at radius 3 is 2.70 bits per heavy atom. The molecule has 1 rings (SSSR count). The SMILES string of the molecule is CCOCC(C)NC(=O)c1cc(S(=O)(=O)Cl)ccc1F. The number of benzene rings is 1. The van der Waals surface area contributed by atoms with Crippen LogP contribution in [0.15, 0.2) is 23.1 Å². The standard InChI is InChI=1S/C12H15ClFNO4S/c1-3-19-7-8(2)15-12(16)10-6-9(20(13,17)18)4-5-11(10)14/h4-6,8H,3,7H2,1-2H3,(H,15,16). The first kappa shape index (κ1) is 16.9. The molecule has 0 bridgehead atoms. The van der Waals surface area contributed by atoms with E-state index >= 15 is 0 Å². The normalized spacial score (nSPS) is 13.0. The van der Waals surface area contributed by atoms with Crippen LogP contribution in [-0.2, 0) is 13.8 Å². The lowest BCUT2D eigenvalue weighted by Gasteiger charge is -2.14. The van der Waals surface area contributed by atoms with Gasteiger partial charge in [0.15, 0.2) is 0 Å². The fourth-order valence-corrected chi connectivity index (χ4v) is 2.25. The molecule has 0 saturated heterocycles. The molecule has 5 nitrogen and oxygen atoms in total. The zero-order valence-corrected chi connectivity index (χ0v) is 12.6. The quantitative estimate of drug-likeness (QED) is 0.812. The second-order valence-corrected chi connectivity index (χ2v) is 6.68. The molecule has 0 aliphatic heterocycles. The molecule has 0 radical (unpaired) electrons. The molecule has 112 valence electrons. The summed E-state index contributed by atoms with van der Waals surface area (Å²) in [4.78, 5) is 11.5. The fourth-order valence-electron chi connectivity index (χ4n) is 1.47. The minimum Gasteiger partial charge on any atom is -0.380 e. The van der Waals surface area contributed by atoms with Gasteiger partial charge in [-0.2, -0.15) is 0 Å². The van der Waals surface area contributed by atoms with Crippen LogP contribution in [0, 0.1) is 5.82 Å². The van der Waals surface area contributed by atoms with Crippen molar-refractivity contribution in [2.45, 2.75) is 24.8 Å². The first-order chi connectivity index (χ1) is 9.25. The maximum atomic E-state index is 13.6. The lowest BCUT2D eigenvalue weighted by Crippen LogP contribution is -2.36. The van der Waals surface area contributed by atoms with E-state index in [0.29, 0.717) is 6.61 Å². The van der Waals surface area contributed by atoms with Crippen LogP contribution in [0.1, 0.15) is 24.2 Å². The molecule has 0 fully saturated rings. The predicted molar refractivity (Wildman–Crippen MR) is 72.9 cm³/mol. The van der Waals surface area contributed by atoms with Crippen LogP contribution < -0.4 is 5.32 Å². The van der Waals surface area contributed by atoms with Crippen molar-refractivity contribution in [1.82, 2.24) is 5.32 Å². The summed E-state index contributed by atoms with van der Waals surface area (Å²) in [5.74, 6) is -1.55. The van der Waals surface area contributed by atoms with E-state index in [1.54, 1.807) is 6.92 Å². The molecule has 1 N–H and O–H groups in total. The molecule has 1 unspecified atom stereocenters. The number of ether oxygens (including phenoxy) is 1. The zero-order valence-electron chi connectivity index (χ0n) is 11.0. The molecular formula is C12H15ClFNO4S. The summed E-state index contributed by atoms with van der Waals surface area (Å²) in [5, 5.41) is 2.51. The van der Waals surface area contributed by atoms with Gasteiger partial charge in [0.1, 0.15) is 5.82 Å². The van der Waals surface area contributed by atoms with Crippen LogP contribution in [0.4, 0.5) is 4.39 Å². The van der Waals surface area contributed by atoms with Gasteiger partial charge in [0.05, 0.1) is 17.1 Å². The summed E-state index contributed by atoms with van der Waals surface area (Å²) in [6.45, 7) is 4.27. The highest BCUT2D eigenvalue weighted by Crippen LogP contribution is 2.18. The van der Waals surface area contributed by atoms with Gasteiger partial charge in [0.2, 0.25) is 0 Å². The Kier molecular flexibility index (Phi) is 5.91. The van der Waals surface area contributed by atoms with Gasteiger partial charge < -0.3 is 10.1 Å². The maximum absolute atomic E-state index is 13.6. The third kappa shape index (κ3) is 4.73. The van der Waals surface area contributed by atoms with Crippen LogP contribution in [0.5, 0.6) is 0 Å². The van der Waals surface area contributed by atoms with E-state index in [4.69, 9.17) is 15.4 Å². The number of hydrogen-bond donors (Lipinski definition) is 1. The summed E-state index contributed by atoms with van der Waals surface area (Å²) >= 11 is 0. The first-order valence-electron chi connectivity index (χ1n) is 5.88. The van der Waals surface area contributed by atoms with Crippen LogP contribution in [0.2, 0.25) is 0 Å². The van der Waals surface area contributed by atoms with Crippen molar-refractivity contribution < 1.29 is 22.3 Å². The number of hydrogen-bond acceptors (Lipinski definition) is 4. The molecular weight excluding hydrogens is 309 g/mol. The Balaban J connectivity index is 2.93. The van der Waals surface area contributed by atoms with Gasteiger partial charge in [-0.05, 0) is 32.0 Å². The third-order valence-corrected chi connectivity index (χ3v) is 3.76. The Morgan fingerprint density at radius 1 is 1.50 bits per heavy atom. The number of carbonyl (C=O) groups is 1. The lowest BCUT2D eigenvalue weighted by molar-refractivity contribution is 0.0868. The minimum absolute atomic E-state index is 0.275. The van der Waals surface area contributed by atoms with Crippen molar-refractivity contribution in [2.24, 2.45) is 0 Å². The van der Waals surface area contributed by atoms with Crippen LogP contribution in [-0.4, -0.2) is 33.6 Å². The van der Waals surface area contributed by atoms with Gasteiger partial charge in [-0.3, -0.25) is 4.79 Å². The Hall–Kier alpha value is -1.18. The largest absolute Gasteiger partial charge is 0.380 e. The number of amides is 1. The molecule has 0 aliphatic rings. The average molecular weight is 324 g/mol. The van der Waals surface area contributed by atoms with Gasteiger partial charge in [-0.15, -0.1) is 0 Å². The van der Waals surface area contributed by atoms with E-state index in [-0.39, 0.29) is 23.1 Å². The molecule has 1 aromatic rings. The number of nitrogens with one attached hydrogen (secondary N) is 1. The van der Waals surface area contributed by atoms with E-state index in [9.17, 15) is 17.6 Å². The Labute approximate surface area is 121 Å². The molecule has 0 aromatic heterocycles. The van der Waals surface area contributed by atoms with E-state index in [1.807, 2.05) is 6.92 Å². The fraction of sp³-hybridized carbons (Fsp3) is 0.417. The topological polar surface area (TPSA) is 72.5 Å². The highest BCUT2D eigenvalue weighted by Gasteiger charge is 2.18. The molecule has 0 saturated carbocycles. The minimum atomic E-state index is -4.02.